The quantitative estimate of drug-likeness (QED) is 0.272. The van der Waals surface area contributed by atoms with Crippen LogP contribution in [0.3, 0.4) is 0 Å². The van der Waals surface area contributed by atoms with Crippen molar-refractivity contribution in [2.45, 2.75) is 25.7 Å². The van der Waals surface area contributed by atoms with E-state index in [1.807, 2.05) is 0 Å². The van der Waals surface area contributed by atoms with E-state index in [0.717, 1.165) is 19.3 Å². The Bertz CT molecular complexity index is 593. The van der Waals surface area contributed by atoms with Crippen LogP contribution in [-0.2, 0) is 9.05 Å². The molecule has 0 bridgehead atoms. The predicted octanol–water partition coefficient (Wildman–Crippen LogP) is 3.87. The van der Waals surface area contributed by atoms with Crippen molar-refractivity contribution in [2.24, 2.45) is 0 Å². The monoisotopic (exact) mass is 399 g/mol. The van der Waals surface area contributed by atoms with Gasteiger partial charge >= 0.3 is 0 Å². The fourth-order valence-electron chi connectivity index (χ4n) is 1.66. The van der Waals surface area contributed by atoms with Crippen LogP contribution < -0.4 is 4.74 Å². The molecule has 118 valence electrons. The second kappa shape index (κ2) is 8.55. The van der Waals surface area contributed by atoms with Gasteiger partial charge in [-0.3, -0.25) is 10.1 Å². The first-order valence-corrected chi connectivity index (χ1v) is 9.56. The third kappa shape index (κ3) is 7.10. The molecule has 0 radical (unpaired) electrons. The third-order valence-electron chi connectivity index (χ3n) is 2.68. The molecule has 6 nitrogen and oxygen atoms in total. The lowest BCUT2D eigenvalue weighted by Crippen LogP contribution is -2.01. The first kappa shape index (κ1) is 18.2. The molecule has 0 aromatic heterocycles. The summed E-state index contributed by atoms with van der Waals surface area (Å²) in [6.45, 7) is 0.410. The zero-order valence-electron chi connectivity index (χ0n) is 11.1. The molecule has 0 fully saturated rings. The summed E-state index contributed by atoms with van der Waals surface area (Å²) in [5.74, 6) is 0.402. The van der Waals surface area contributed by atoms with Crippen molar-refractivity contribution in [1.82, 2.24) is 0 Å². The predicted molar refractivity (Wildman–Crippen MR) is 84.4 cm³/mol. The van der Waals surface area contributed by atoms with Gasteiger partial charge in [0.05, 0.1) is 17.3 Å². The molecule has 0 aliphatic carbocycles. The Morgan fingerprint density at radius 2 is 1.90 bits per heavy atom. The summed E-state index contributed by atoms with van der Waals surface area (Å²) in [5.41, 5.74) is -0.0418. The van der Waals surface area contributed by atoms with Crippen LogP contribution in [0.1, 0.15) is 25.7 Å². The average molecular weight is 401 g/mol. The zero-order chi connectivity index (χ0) is 15.9. The molecule has 0 saturated carbocycles. The molecular weight excluding hydrogens is 386 g/mol. The van der Waals surface area contributed by atoms with E-state index < -0.39 is 14.0 Å². The van der Waals surface area contributed by atoms with Crippen LogP contribution in [0.4, 0.5) is 5.69 Å². The molecule has 1 rings (SSSR count). The molecule has 0 amide bonds. The molecule has 0 atom stereocenters. The molecule has 0 heterocycles. The molecule has 0 saturated heterocycles. The smallest absolute Gasteiger partial charge is 0.287 e. The summed E-state index contributed by atoms with van der Waals surface area (Å²) in [7, 11) is 1.69. The lowest BCUT2D eigenvalue weighted by molar-refractivity contribution is -0.385. The minimum atomic E-state index is -3.41. The SMILES string of the molecule is O=[N+]([O-])c1cccc(OCCCCCCS(=O)(=O)Cl)c1Br. The van der Waals surface area contributed by atoms with Crippen LogP contribution in [0, 0.1) is 10.1 Å². The number of rotatable bonds is 9. The normalized spacial score (nSPS) is 11.3. The highest BCUT2D eigenvalue weighted by Gasteiger charge is 2.15. The highest BCUT2D eigenvalue weighted by Crippen LogP contribution is 2.33. The molecule has 0 aliphatic rings. The maximum Gasteiger partial charge on any atom is 0.287 e. The number of hydrogen-bond acceptors (Lipinski definition) is 5. The van der Waals surface area contributed by atoms with Gasteiger partial charge in [0.1, 0.15) is 10.2 Å². The molecule has 21 heavy (non-hydrogen) atoms. The van der Waals surface area contributed by atoms with E-state index in [9.17, 15) is 18.5 Å². The van der Waals surface area contributed by atoms with Gasteiger partial charge < -0.3 is 4.74 Å². The Labute approximate surface area is 136 Å². The highest BCUT2D eigenvalue weighted by molar-refractivity contribution is 9.10. The van der Waals surface area contributed by atoms with Gasteiger partial charge in [-0.1, -0.05) is 18.9 Å². The summed E-state index contributed by atoms with van der Waals surface area (Å²) < 4.78 is 27.2. The largest absolute Gasteiger partial charge is 0.492 e. The number of nitro benzene ring substituents is 1. The van der Waals surface area contributed by atoms with E-state index in [1.165, 1.54) is 6.07 Å². The summed E-state index contributed by atoms with van der Waals surface area (Å²) in [4.78, 5) is 10.3. The van der Waals surface area contributed by atoms with E-state index >= 15 is 0 Å². The zero-order valence-corrected chi connectivity index (χ0v) is 14.3. The van der Waals surface area contributed by atoms with E-state index in [2.05, 4.69) is 15.9 Å². The molecule has 1 aromatic carbocycles. The van der Waals surface area contributed by atoms with Gasteiger partial charge in [-0.2, -0.15) is 0 Å². The fraction of sp³-hybridized carbons (Fsp3) is 0.500. The number of hydrogen-bond donors (Lipinski definition) is 0. The van der Waals surface area contributed by atoms with Crippen LogP contribution in [0.25, 0.3) is 0 Å². The second-order valence-corrected chi connectivity index (χ2v) is 8.04. The van der Waals surface area contributed by atoms with Crippen molar-refractivity contribution < 1.29 is 18.1 Å². The van der Waals surface area contributed by atoms with Crippen LogP contribution in [0.2, 0.25) is 0 Å². The van der Waals surface area contributed by atoms with Gasteiger partial charge in [0.25, 0.3) is 5.69 Å². The van der Waals surface area contributed by atoms with Crippen molar-refractivity contribution in [3.05, 3.63) is 32.8 Å². The maximum absolute atomic E-state index is 10.8. The Kier molecular flexibility index (Phi) is 7.41. The van der Waals surface area contributed by atoms with Crippen LogP contribution in [0.15, 0.2) is 22.7 Å². The molecule has 9 heteroatoms. The Hall–Kier alpha value is -0.860. The Morgan fingerprint density at radius 3 is 2.52 bits per heavy atom. The second-order valence-electron chi connectivity index (χ2n) is 4.35. The standard InChI is InChI=1S/C12H15BrClNO5S/c13-12-10(15(16)17)6-5-7-11(12)20-8-3-1-2-4-9-21(14,18)19/h5-7H,1-4,8-9H2. The van der Waals surface area contributed by atoms with E-state index in [-0.39, 0.29) is 11.4 Å². The van der Waals surface area contributed by atoms with E-state index in [1.54, 1.807) is 12.1 Å². The molecule has 0 unspecified atom stereocenters. The van der Waals surface area contributed by atoms with Crippen LogP contribution in [0.5, 0.6) is 5.75 Å². The molecule has 0 spiro atoms. The van der Waals surface area contributed by atoms with E-state index in [0.29, 0.717) is 23.2 Å². The summed E-state index contributed by atoms with van der Waals surface area (Å²) in [6.07, 6.45) is 2.80. The Balaban J connectivity index is 2.31. The van der Waals surface area contributed by atoms with Crippen LogP contribution >= 0.6 is 26.6 Å². The number of unbranched alkanes of at least 4 members (excludes halogenated alkanes) is 3. The van der Waals surface area contributed by atoms with Crippen molar-refractivity contribution in [2.75, 3.05) is 12.4 Å². The van der Waals surface area contributed by atoms with Gasteiger partial charge in [-0.05, 0) is 34.8 Å². The first-order chi connectivity index (χ1) is 9.81. The number of ether oxygens (including phenoxy) is 1. The van der Waals surface area contributed by atoms with Crippen molar-refractivity contribution in [3.8, 4) is 5.75 Å². The van der Waals surface area contributed by atoms with Gasteiger partial charge in [0.2, 0.25) is 9.05 Å². The number of nitrogens with zero attached hydrogens (tertiary/aromatic N) is 1. The number of nitro groups is 1. The number of benzene rings is 1. The number of halogens is 2. The minimum Gasteiger partial charge on any atom is -0.492 e. The lowest BCUT2D eigenvalue weighted by atomic mass is 10.2. The third-order valence-corrected chi connectivity index (χ3v) is 4.72. The van der Waals surface area contributed by atoms with E-state index in [4.69, 9.17) is 15.4 Å². The summed E-state index contributed by atoms with van der Waals surface area (Å²) >= 11 is 3.15. The molecule has 1 aromatic rings. The molecular formula is C12H15BrClNO5S. The minimum absolute atomic E-state index is 0.0220. The van der Waals surface area contributed by atoms with Gasteiger partial charge in [-0.15, -0.1) is 0 Å². The molecule has 0 N–H and O–H groups in total. The lowest BCUT2D eigenvalue weighted by Gasteiger charge is -2.08. The van der Waals surface area contributed by atoms with Crippen LogP contribution in [-0.4, -0.2) is 25.7 Å². The van der Waals surface area contributed by atoms with Crippen molar-refractivity contribution in [3.63, 3.8) is 0 Å². The maximum atomic E-state index is 10.8. The van der Waals surface area contributed by atoms with Crippen molar-refractivity contribution in [1.29, 1.82) is 0 Å². The average Bonchev–Trinajstić information content (AvgIpc) is 2.37. The highest BCUT2D eigenvalue weighted by atomic mass is 79.9. The van der Waals surface area contributed by atoms with Gasteiger partial charge in [0, 0.05) is 16.7 Å². The fourth-order valence-corrected chi connectivity index (χ4v) is 3.06. The van der Waals surface area contributed by atoms with Gasteiger partial charge in [-0.25, -0.2) is 8.42 Å². The summed E-state index contributed by atoms with van der Waals surface area (Å²) in [5, 5.41) is 10.8. The van der Waals surface area contributed by atoms with Gasteiger partial charge in [0.15, 0.2) is 0 Å². The summed E-state index contributed by atoms with van der Waals surface area (Å²) in [6, 6.07) is 4.60. The Morgan fingerprint density at radius 1 is 1.24 bits per heavy atom. The topological polar surface area (TPSA) is 86.5 Å². The first-order valence-electron chi connectivity index (χ1n) is 6.29. The molecule has 0 aliphatic heterocycles. The van der Waals surface area contributed by atoms with Crippen molar-refractivity contribution >= 4 is 41.4 Å².